The van der Waals surface area contributed by atoms with E-state index in [1.807, 2.05) is 18.2 Å². The van der Waals surface area contributed by atoms with Crippen molar-refractivity contribution in [1.82, 2.24) is 4.98 Å². The highest BCUT2D eigenvalue weighted by Gasteiger charge is 2.00. The van der Waals surface area contributed by atoms with E-state index in [0.29, 0.717) is 11.1 Å². The van der Waals surface area contributed by atoms with Gasteiger partial charge >= 0.3 is 0 Å². The molecule has 2 rings (SSSR count). The zero-order valence-corrected chi connectivity index (χ0v) is 8.91. The van der Waals surface area contributed by atoms with E-state index in [1.165, 1.54) is 6.21 Å². The number of nitriles is 1. The van der Waals surface area contributed by atoms with E-state index >= 15 is 0 Å². The molecule has 0 aliphatic rings. The lowest BCUT2D eigenvalue weighted by molar-refractivity contribution is 0.322. The molecule has 0 bridgehead atoms. The summed E-state index contributed by atoms with van der Waals surface area (Å²) < 4.78 is 0. The van der Waals surface area contributed by atoms with Crippen LogP contribution in [0.5, 0.6) is 0 Å². The Hall–Kier alpha value is -2.67. The summed E-state index contributed by atoms with van der Waals surface area (Å²) in [5, 5.41) is 20.2. The number of oxime groups is 1. The summed E-state index contributed by atoms with van der Waals surface area (Å²) in [6, 6.07) is 11.2. The van der Waals surface area contributed by atoms with Gasteiger partial charge in [-0.05, 0) is 23.8 Å². The van der Waals surface area contributed by atoms with Crippen LogP contribution in [0, 0.1) is 11.3 Å². The van der Waals surface area contributed by atoms with Crippen LogP contribution in [0.3, 0.4) is 0 Å². The van der Waals surface area contributed by atoms with Crippen LogP contribution in [-0.4, -0.2) is 16.4 Å². The van der Waals surface area contributed by atoms with E-state index in [2.05, 4.69) is 16.2 Å². The molecule has 1 N–H and O–H groups in total. The van der Waals surface area contributed by atoms with Crippen molar-refractivity contribution in [3.05, 3.63) is 53.9 Å². The van der Waals surface area contributed by atoms with E-state index in [4.69, 9.17) is 10.5 Å². The second-order valence-electron chi connectivity index (χ2n) is 3.44. The fourth-order valence-corrected chi connectivity index (χ4v) is 1.52. The van der Waals surface area contributed by atoms with Gasteiger partial charge in [0.05, 0.1) is 17.8 Å². The van der Waals surface area contributed by atoms with Crippen LogP contribution < -0.4 is 0 Å². The highest BCUT2D eigenvalue weighted by molar-refractivity contribution is 5.81. The van der Waals surface area contributed by atoms with Crippen LogP contribution in [0.1, 0.15) is 11.1 Å². The fraction of sp³-hybridized carbons (Fsp3) is 0. The molecule has 1 heterocycles. The lowest BCUT2D eigenvalue weighted by atomic mass is 10.0. The maximum Gasteiger partial charge on any atom is 0.0991 e. The van der Waals surface area contributed by atoms with Gasteiger partial charge in [0.25, 0.3) is 0 Å². The first kappa shape index (κ1) is 10.8. The molecule has 0 saturated carbocycles. The van der Waals surface area contributed by atoms with Crippen LogP contribution in [0.25, 0.3) is 11.1 Å². The fourth-order valence-electron chi connectivity index (χ4n) is 1.52. The van der Waals surface area contributed by atoms with Gasteiger partial charge in [0, 0.05) is 23.5 Å². The van der Waals surface area contributed by atoms with E-state index in [-0.39, 0.29) is 0 Å². The van der Waals surface area contributed by atoms with Crippen molar-refractivity contribution < 1.29 is 5.21 Å². The molecule has 82 valence electrons. The van der Waals surface area contributed by atoms with E-state index in [1.54, 1.807) is 24.5 Å². The minimum atomic E-state index is 0.601. The Labute approximate surface area is 98.5 Å². The van der Waals surface area contributed by atoms with Gasteiger partial charge < -0.3 is 5.21 Å². The maximum absolute atomic E-state index is 8.83. The SMILES string of the molecule is N#Cc1cccc(-c2cncc(/C=N/O)c2)c1. The Balaban J connectivity index is 2.45. The molecule has 0 amide bonds. The first-order valence-corrected chi connectivity index (χ1v) is 4.96. The summed E-state index contributed by atoms with van der Waals surface area (Å²) in [4.78, 5) is 4.05. The third kappa shape index (κ3) is 2.47. The van der Waals surface area contributed by atoms with Crippen molar-refractivity contribution in [2.24, 2.45) is 5.16 Å². The molecule has 0 radical (unpaired) electrons. The minimum Gasteiger partial charge on any atom is -0.411 e. The number of nitrogens with zero attached hydrogens (tertiary/aromatic N) is 3. The van der Waals surface area contributed by atoms with Crippen LogP contribution in [-0.2, 0) is 0 Å². The standard InChI is InChI=1S/C13H9N3O/c14-6-10-2-1-3-12(4-10)13-5-11(8-16-17)7-15-9-13/h1-5,7-9,17H/b16-8+. The molecule has 0 aliphatic carbocycles. The largest absolute Gasteiger partial charge is 0.411 e. The number of rotatable bonds is 2. The van der Waals surface area contributed by atoms with Crippen LogP contribution >= 0.6 is 0 Å². The van der Waals surface area contributed by atoms with Gasteiger partial charge in [0.2, 0.25) is 0 Å². The molecule has 0 atom stereocenters. The molecule has 0 unspecified atom stereocenters. The average molecular weight is 223 g/mol. The summed E-state index contributed by atoms with van der Waals surface area (Å²) in [5.74, 6) is 0. The number of aromatic nitrogens is 1. The Morgan fingerprint density at radius 3 is 2.88 bits per heavy atom. The summed E-state index contributed by atoms with van der Waals surface area (Å²) in [5.41, 5.74) is 3.08. The monoisotopic (exact) mass is 223 g/mol. The first-order chi connectivity index (χ1) is 8.33. The van der Waals surface area contributed by atoms with Gasteiger partial charge in [0.15, 0.2) is 0 Å². The van der Waals surface area contributed by atoms with Crippen molar-refractivity contribution in [3.8, 4) is 17.2 Å². The van der Waals surface area contributed by atoms with E-state index in [9.17, 15) is 0 Å². The molecule has 1 aromatic carbocycles. The predicted octanol–water partition coefficient (Wildman–Crippen LogP) is 2.43. The third-order valence-electron chi connectivity index (χ3n) is 2.29. The summed E-state index contributed by atoms with van der Waals surface area (Å²) >= 11 is 0. The van der Waals surface area contributed by atoms with E-state index < -0.39 is 0 Å². The molecular formula is C13H9N3O. The molecular weight excluding hydrogens is 214 g/mol. The third-order valence-corrected chi connectivity index (χ3v) is 2.29. The molecule has 1 aromatic heterocycles. The van der Waals surface area contributed by atoms with Gasteiger partial charge in [-0.3, -0.25) is 4.98 Å². The quantitative estimate of drug-likeness (QED) is 0.483. The topological polar surface area (TPSA) is 69.3 Å². The molecule has 0 fully saturated rings. The van der Waals surface area contributed by atoms with Crippen LogP contribution in [0.2, 0.25) is 0 Å². The van der Waals surface area contributed by atoms with Gasteiger partial charge in [-0.25, -0.2) is 0 Å². The van der Waals surface area contributed by atoms with Gasteiger partial charge in [0.1, 0.15) is 0 Å². The first-order valence-electron chi connectivity index (χ1n) is 4.96. The van der Waals surface area contributed by atoms with Crippen LogP contribution in [0.15, 0.2) is 47.9 Å². The Bertz CT molecular complexity index is 600. The highest BCUT2D eigenvalue weighted by Crippen LogP contribution is 2.19. The Morgan fingerprint density at radius 2 is 2.12 bits per heavy atom. The molecule has 0 spiro atoms. The Kier molecular flexibility index (Phi) is 3.13. The second kappa shape index (κ2) is 4.90. The summed E-state index contributed by atoms with van der Waals surface area (Å²) in [6.45, 7) is 0. The normalized spacial score (nSPS) is 10.3. The lowest BCUT2D eigenvalue weighted by Crippen LogP contribution is -1.87. The number of benzene rings is 1. The number of hydrogen-bond acceptors (Lipinski definition) is 4. The van der Waals surface area contributed by atoms with Gasteiger partial charge in [-0.2, -0.15) is 5.26 Å². The zero-order chi connectivity index (χ0) is 12.1. The predicted molar refractivity (Wildman–Crippen MR) is 63.8 cm³/mol. The van der Waals surface area contributed by atoms with Gasteiger partial charge in [-0.15, -0.1) is 0 Å². The molecule has 0 saturated heterocycles. The molecule has 0 aliphatic heterocycles. The minimum absolute atomic E-state index is 0.601. The molecule has 4 nitrogen and oxygen atoms in total. The zero-order valence-electron chi connectivity index (χ0n) is 8.91. The van der Waals surface area contributed by atoms with Crippen molar-refractivity contribution in [3.63, 3.8) is 0 Å². The Morgan fingerprint density at radius 1 is 1.24 bits per heavy atom. The second-order valence-corrected chi connectivity index (χ2v) is 3.44. The molecule has 4 heteroatoms. The molecule has 17 heavy (non-hydrogen) atoms. The molecule has 2 aromatic rings. The van der Waals surface area contributed by atoms with Crippen molar-refractivity contribution in [2.75, 3.05) is 0 Å². The van der Waals surface area contributed by atoms with Crippen LogP contribution in [0.4, 0.5) is 0 Å². The van der Waals surface area contributed by atoms with Crippen molar-refractivity contribution in [1.29, 1.82) is 5.26 Å². The van der Waals surface area contributed by atoms with Crippen molar-refractivity contribution in [2.45, 2.75) is 0 Å². The average Bonchev–Trinajstić information content (AvgIpc) is 2.40. The number of hydrogen-bond donors (Lipinski definition) is 1. The highest BCUT2D eigenvalue weighted by atomic mass is 16.4. The summed E-state index contributed by atoms with van der Waals surface area (Å²) in [6.07, 6.45) is 4.60. The smallest absolute Gasteiger partial charge is 0.0991 e. The van der Waals surface area contributed by atoms with Crippen molar-refractivity contribution >= 4 is 6.21 Å². The van der Waals surface area contributed by atoms with Gasteiger partial charge in [-0.1, -0.05) is 17.3 Å². The maximum atomic E-state index is 8.83. The summed E-state index contributed by atoms with van der Waals surface area (Å²) in [7, 11) is 0. The van der Waals surface area contributed by atoms with E-state index in [0.717, 1.165) is 11.1 Å². The lowest BCUT2D eigenvalue weighted by Gasteiger charge is -2.02. The number of pyridine rings is 1.